The summed E-state index contributed by atoms with van der Waals surface area (Å²) in [5, 5.41) is 4.33. The van der Waals surface area contributed by atoms with Crippen LogP contribution in [0.3, 0.4) is 0 Å². The molecule has 1 aliphatic rings. The third kappa shape index (κ3) is 2.16. The van der Waals surface area contributed by atoms with Crippen molar-refractivity contribution < 1.29 is 0 Å². The zero-order valence-corrected chi connectivity index (χ0v) is 15.3. The number of imidazole rings is 1. The molecule has 0 fully saturated rings. The van der Waals surface area contributed by atoms with Gasteiger partial charge in [-0.15, -0.1) is 0 Å². The molecule has 1 aliphatic heterocycles. The minimum atomic E-state index is 0.608. The highest BCUT2D eigenvalue weighted by molar-refractivity contribution is 5.92. The zero-order valence-electron chi connectivity index (χ0n) is 15.3. The summed E-state index contributed by atoms with van der Waals surface area (Å²) >= 11 is 0. The highest BCUT2D eigenvalue weighted by Crippen LogP contribution is 2.31. The van der Waals surface area contributed by atoms with Crippen LogP contribution < -0.4 is 5.32 Å². The van der Waals surface area contributed by atoms with Crippen molar-refractivity contribution in [3.63, 3.8) is 0 Å². The van der Waals surface area contributed by atoms with Gasteiger partial charge in [0.05, 0.1) is 16.7 Å². The van der Waals surface area contributed by atoms with Crippen LogP contribution in [0.2, 0.25) is 0 Å². The van der Waals surface area contributed by atoms with Gasteiger partial charge in [-0.05, 0) is 36.2 Å². The molecule has 1 aromatic carbocycles. The molecule has 0 amide bonds. The first kappa shape index (κ1) is 15.3. The van der Waals surface area contributed by atoms with Crippen LogP contribution in [0.25, 0.3) is 39.3 Å². The van der Waals surface area contributed by atoms with E-state index in [9.17, 15) is 0 Å². The fourth-order valence-electron chi connectivity index (χ4n) is 3.88. The molecule has 0 radical (unpaired) electrons. The summed E-state index contributed by atoms with van der Waals surface area (Å²) < 4.78 is 3.96. The molecule has 0 spiro atoms. The van der Waals surface area contributed by atoms with Gasteiger partial charge in [-0.25, -0.2) is 15.0 Å². The molecule has 0 saturated carbocycles. The van der Waals surface area contributed by atoms with Crippen molar-refractivity contribution in [2.24, 2.45) is 7.05 Å². The van der Waals surface area contributed by atoms with Crippen molar-refractivity contribution in [2.75, 3.05) is 11.9 Å². The topological polar surface area (TPSA) is 73.5 Å². The number of nitrogens with zero attached hydrogens (tertiary/aromatic N) is 6. The second kappa shape index (κ2) is 5.63. The van der Waals surface area contributed by atoms with E-state index < -0.39 is 0 Å². The van der Waals surface area contributed by atoms with E-state index in [2.05, 4.69) is 27.4 Å². The normalized spacial score (nSPS) is 13.2. The lowest BCUT2D eigenvalue weighted by Crippen LogP contribution is -2.03. The van der Waals surface area contributed by atoms with E-state index in [4.69, 9.17) is 9.97 Å². The number of aromatic nitrogens is 6. The third-order valence-electron chi connectivity index (χ3n) is 5.31. The summed E-state index contributed by atoms with van der Waals surface area (Å²) in [4.78, 5) is 18.9. The maximum atomic E-state index is 4.94. The van der Waals surface area contributed by atoms with Gasteiger partial charge in [0.2, 0.25) is 5.95 Å². The highest BCUT2D eigenvalue weighted by Gasteiger charge is 2.18. The zero-order chi connectivity index (χ0) is 18.7. The molecule has 7 nitrogen and oxygen atoms in total. The van der Waals surface area contributed by atoms with Gasteiger partial charge in [0.1, 0.15) is 17.8 Å². The minimum Gasteiger partial charge on any atom is -0.370 e. The van der Waals surface area contributed by atoms with Crippen LogP contribution in [0.5, 0.6) is 0 Å². The molecule has 0 bridgehead atoms. The number of anilines is 1. The second-order valence-electron chi connectivity index (χ2n) is 7.05. The Balaban J connectivity index is 1.63. The van der Waals surface area contributed by atoms with Gasteiger partial charge >= 0.3 is 0 Å². The molecular formula is C21H17N7. The Morgan fingerprint density at radius 2 is 2.00 bits per heavy atom. The number of aryl methyl sites for hydroxylation is 1. The first-order chi connectivity index (χ1) is 13.8. The Hall–Kier alpha value is -3.74. The summed E-state index contributed by atoms with van der Waals surface area (Å²) in [7, 11) is 2.00. The number of hydrogen-bond donors (Lipinski definition) is 1. The second-order valence-corrected chi connectivity index (χ2v) is 7.05. The quantitative estimate of drug-likeness (QED) is 0.518. The molecule has 0 unspecified atom stereocenters. The summed E-state index contributed by atoms with van der Waals surface area (Å²) in [5.41, 5.74) is 5.92. The van der Waals surface area contributed by atoms with E-state index in [1.807, 2.05) is 52.8 Å². The van der Waals surface area contributed by atoms with Crippen LogP contribution in [-0.4, -0.2) is 35.6 Å². The molecular weight excluding hydrogens is 350 g/mol. The summed E-state index contributed by atoms with van der Waals surface area (Å²) in [6.07, 6.45) is 6.67. The van der Waals surface area contributed by atoms with Crippen LogP contribution in [0.1, 0.15) is 5.56 Å². The third-order valence-corrected chi connectivity index (χ3v) is 5.31. The Bertz CT molecular complexity index is 1360. The molecule has 4 aromatic heterocycles. The van der Waals surface area contributed by atoms with Gasteiger partial charge in [-0.3, -0.25) is 4.57 Å². The lowest BCUT2D eigenvalue weighted by Gasteiger charge is -2.09. The number of benzene rings is 1. The maximum absolute atomic E-state index is 4.94. The number of nitrogens with one attached hydrogen (secondary N) is 1. The number of pyridine rings is 1. The lowest BCUT2D eigenvalue weighted by atomic mass is 10.1. The largest absolute Gasteiger partial charge is 0.370 e. The van der Waals surface area contributed by atoms with Crippen LogP contribution in [0.15, 0.2) is 55.1 Å². The number of rotatable bonds is 2. The van der Waals surface area contributed by atoms with Gasteiger partial charge in [0, 0.05) is 36.9 Å². The summed E-state index contributed by atoms with van der Waals surface area (Å²) in [6, 6.07) is 12.3. The fourth-order valence-corrected chi connectivity index (χ4v) is 3.88. The van der Waals surface area contributed by atoms with Gasteiger partial charge < -0.3 is 9.88 Å². The Morgan fingerprint density at radius 1 is 1.07 bits per heavy atom. The molecule has 7 heteroatoms. The minimum absolute atomic E-state index is 0.608. The molecule has 1 N–H and O–H groups in total. The van der Waals surface area contributed by atoms with E-state index in [0.29, 0.717) is 5.95 Å². The van der Waals surface area contributed by atoms with E-state index in [0.717, 1.165) is 52.1 Å². The van der Waals surface area contributed by atoms with Gasteiger partial charge in [0.25, 0.3) is 0 Å². The molecule has 0 saturated heterocycles. The SMILES string of the molecule is Cn1ccc2c(-c3cnc4c(c3)CCN4)nc(-n3cnc4ccccc43)nc21. The first-order valence-corrected chi connectivity index (χ1v) is 9.26. The number of fused-ring (bicyclic) bond motifs is 3. The van der Waals surface area contributed by atoms with Crippen molar-refractivity contribution in [3.05, 3.63) is 60.7 Å². The lowest BCUT2D eigenvalue weighted by molar-refractivity contribution is 0.912. The average molecular weight is 367 g/mol. The predicted molar refractivity (Wildman–Crippen MR) is 109 cm³/mol. The van der Waals surface area contributed by atoms with Crippen molar-refractivity contribution in [1.29, 1.82) is 0 Å². The van der Waals surface area contributed by atoms with Crippen molar-refractivity contribution in [2.45, 2.75) is 6.42 Å². The predicted octanol–water partition coefficient (Wildman–Crippen LogP) is 3.34. The monoisotopic (exact) mass is 367 g/mol. The molecule has 0 aliphatic carbocycles. The molecule has 6 rings (SSSR count). The fraction of sp³-hybridized carbons (Fsp3) is 0.143. The average Bonchev–Trinajstić information content (AvgIpc) is 3.45. The van der Waals surface area contributed by atoms with Gasteiger partial charge in [-0.2, -0.15) is 4.98 Å². The highest BCUT2D eigenvalue weighted by atomic mass is 15.2. The number of para-hydroxylation sites is 2. The smallest absolute Gasteiger partial charge is 0.238 e. The molecule has 28 heavy (non-hydrogen) atoms. The molecule has 5 heterocycles. The Labute approximate surface area is 160 Å². The Morgan fingerprint density at radius 3 is 2.96 bits per heavy atom. The molecule has 5 aromatic rings. The summed E-state index contributed by atoms with van der Waals surface area (Å²) in [6.45, 7) is 0.933. The van der Waals surface area contributed by atoms with Crippen LogP contribution in [0, 0.1) is 0 Å². The van der Waals surface area contributed by atoms with Crippen molar-refractivity contribution in [1.82, 2.24) is 29.1 Å². The van der Waals surface area contributed by atoms with Gasteiger partial charge in [0.15, 0.2) is 0 Å². The standard InChI is InChI=1S/C21H17N7/c1-27-9-7-15-18(14-10-13-6-8-22-19(13)23-11-14)25-21(26-20(15)27)28-12-24-16-4-2-3-5-17(16)28/h2-5,7,9-12H,6,8H2,1H3,(H,22,23). The molecule has 0 atom stereocenters. The van der Waals surface area contributed by atoms with Crippen molar-refractivity contribution in [3.8, 4) is 17.2 Å². The van der Waals surface area contributed by atoms with E-state index in [1.165, 1.54) is 5.56 Å². The van der Waals surface area contributed by atoms with E-state index in [-0.39, 0.29) is 0 Å². The Kier molecular flexibility index (Phi) is 3.08. The van der Waals surface area contributed by atoms with Crippen LogP contribution in [0.4, 0.5) is 5.82 Å². The number of hydrogen-bond acceptors (Lipinski definition) is 5. The van der Waals surface area contributed by atoms with E-state index in [1.54, 1.807) is 6.33 Å². The van der Waals surface area contributed by atoms with E-state index >= 15 is 0 Å². The summed E-state index contributed by atoms with van der Waals surface area (Å²) in [5.74, 6) is 1.58. The van der Waals surface area contributed by atoms with Crippen LogP contribution in [-0.2, 0) is 13.5 Å². The molecule has 136 valence electrons. The first-order valence-electron chi connectivity index (χ1n) is 9.26. The van der Waals surface area contributed by atoms with Crippen LogP contribution >= 0.6 is 0 Å². The maximum Gasteiger partial charge on any atom is 0.238 e. The van der Waals surface area contributed by atoms with Crippen molar-refractivity contribution >= 4 is 27.9 Å². The van der Waals surface area contributed by atoms with Gasteiger partial charge in [-0.1, -0.05) is 12.1 Å².